The second-order valence-corrected chi connectivity index (χ2v) is 7.65. The summed E-state index contributed by atoms with van der Waals surface area (Å²) in [6.07, 6.45) is 1.13. The molecule has 1 aliphatic heterocycles. The molecule has 0 spiro atoms. The van der Waals surface area contributed by atoms with Crippen LogP contribution in [0.2, 0.25) is 0 Å². The average Bonchev–Trinajstić information content (AvgIpc) is 2.52. The lowest BCUT2D eigenvalue weighted by molar-refractivity contribution is -0.385. The van der Waals surface area contributed by atoms with Gasteiger partial charge in [0.2, 0.25) is 0 Å². The van der Waals surface area contributed by atoms with Crippen molar-refractivity contribution in [3.05, 3.63) is 39.4 Å². The van der Waals surface area contributed by atoms with Crippen molar-refractivity contribution >= 4 is 11.6 Å². The molecule has 0 atom stereocenters. The highest BCUT2D eigenvalue weighted by Crippen LogP contribution is 2.23. The number of carbonyl (C=O) groups is 1. The molecule has 0 N–H and O–H groups in total. The fourth-order valence-corrected chi connectivity index (χ4v) is 2.89. The van der Waals surface area contributed by atoms with Crippen LogP contribution in [0.5, 0.6) is 0 Å². The van der Waals surface area contributed by atoms with E-state index in [9.17, 15) is 14.9 Å². The van der Waals surface area contributed by atoms with E-state index in [1.54, 1.807) is 24.0 Å². The second kappa shape index (κ2) is 7.30. The van der Waals surface area contributed by atoms with Gasteiger partial charge in [0.1, 0.15) is 0 Å². The van der Waals surface area contributed by atoms with Gasteiger partial charge in [0.05, 0.1) is 4.92 Å². The smallest absolute Gasteiger partial charge is 0.273 e. The number of benzene rings is 1. The van der Waals surface area contributed by atoms with Crippen molar-refractivity contribution in [3.8, 4) is 0 Å². The van der Waals surface area contributed by atoms with Gasteiger partial charge in [-0.2, -0.15) is 0 Å². The topological polar surface area (TPSA) is 66.7 Å². The molecule has 0 saturated carbocycles. The van der Waals surface area contributed by atoms with Crippen molar-refractivity contribution in [2.24, 2.45) is 5.41 Å². The molecule has 2 rings (SSSR count). The van der Waals surface area contributed by atoms with Gasteiger partial charge >= 0.3 is 0 Å². The monoisotopic (exact) mass is 333 g/mol. The van der Waals surface area contributed by atoms with E-state index >= 15 is 0 Å². The minimum atomic E-state index is -0.434. The maximum absolute atomic E-state index is 12.7. The number of nitrogens with zero attached hydrogens (tertiary/aromatic N) is 3. The Balaban J connectivity index is 1.98. The molecule has 0 aliphatic carbocycles. The third-order valence-electron chi connectivity index (χ3n) is 4.57. The summed E-state index contributed by atoms with van der Waals surface area (Å²) in [6.45, 7) is 12.4. The van der Waals surface area contributed by atoms with Gasteiger partial charge in [0, 0.05) is 43.4 Å². The molecular formula is C18H27N3O3. The maximum Gasteiger partial charge on any atom is 0.273 e. The molecule has 1 heterocycles. The number of hydrogen-bond acceptors (Lipinski definition) is 4. The van der Waals surface area contributed by atoms with Crippen molar-refractivity contribution in [1.82, 2.24) is 9.80 Å². The molecule has 0 unspecified atom stereocenters. The third kappa shape index (κ3) is 4.54. The Morgan fingerprint density at radius 2 is 1.83 bits per heavy atom. The van der Waals surface area contributed by atoms with E-state index in [0.29, 0.717) is 29.6 Å². The third-order valence-corrected chi connectivity index (χ3v) is 4.57. The summed E-state index contributed by atoms with van der Waals surface area (Å²) >= 11 is 0. The van der Waals surface area contributed by atoms with E-state index in [-0.39, 0.29) is 11.6 Å². The standard InChI is InChI=1S/C18H27N3O3/c1-14-15(6-5-7-16(14)21(23)24)17(22)20-12-10-19(11-13-20)9-8-18(2,3)4/h5-7H,8-13H2,1-4H3. The molecule has 1 aromatic rings. The van der Waals surface area contributed by atoms with Gasteiger partial charge in [0.15, 0.2) is 0 Å². The summed E-state index contributed by atoms with van der Waals surface area (Å²) < 4.78 is 0. The molecule has 1 fully saturated rings. The van der Waals surface area contributed by atoms with Crippen molar-refractivity contribution in [2.45, 2.75) is 34.1 Å². The number of nitro groups is 1. The van der Waals surface area contributed by atoms with E-state index in [2.05, 4.69) is 25.7 Å². The largest absolute Gasteiger partial charge is 0.336 e. The lowest BCUT2D eigenvalue weighted by Crippen LogP contribution is -2.49. The van der Waals surface area contributed by atoms with E-state index in [1.807, 2.05) is 0 Å². The number of carbonyl (C=O) groups excluding carboxylic acids is 1. The Hall–Kier alpha value is -1.95. The summed E-state index contributed by atoms with van der Waals surface area (Å²) in [5.74, 6) is -0.105. The first-order valence-electron chi connectivity index (χ1n) is 8.45. The molecule has 1 saturated heterocycles. The average molecular weight is 333 g/mol. The minimum absolute atomic E-state index is 0.00432. The van der Waals surface area contributed by atoms with Crippen molar-refractivity contribution in [2.75, 3.05) is 32.7 Å². The van der Waals surface area contributed by atoms with Crippen molar-refractivity contribution < 1.29 is 9.72 Å². The van der Waals surface area contributed by atoms with Crippen molar-refractivity contribution in [3.63, 3.8) is 0 Å². The van der Waals surface area contributed by atoms with E-state index in [1.165, 1.54) is 6.07 Å². The highest BCUT2D eigenvalue weighted by Gasteiger charge is 2.26. The fourth-order valence-electron chi connectivity index (χ4n) is 2.89. The number of amides is 1. The van der Waals surface area contributed by atoms with Crippen LogP contribution >= 0.6 is 0 Å². The van der Waals surface area contributed by atoms with Crippen molar-refractivity contribution in [1.29, 1.82) is 0 Å². The molecule has 132 valence electrons. The summed E-state index contributed by atoms with van der Waals surface area (Å²) in [6, 6.07) is 4.70. The molecule has 1 amide bonds. The molecule has 6 heteroatoms. The normalized spacial score (nSPS) is 16.2. The molecular weight excluding hydrogens is 306 g/mol. The van der Waals surface area contributed by atoms with Gasteiger partial charge in [-0.1, -0.05) is 26.8 Å². The SMILES string of the molecule is Cc1c(C(=O)N2CCN(CCC(C)(C)C)CC2)cccc1[N+](=O)[O-]. The van der Waals surface area contributed by atoms with Gasteiger partial charge in [0.25, 0.3) is 11.6 Å². The lowest BCUT2D eigenvalue weighted by Gasteiger charge is -2.36. The fraction of sp³-hybridized carbons (Fsp3) is 0.611. The lowest BCUT2D eigenvalue weighted by atomic mass is 9.92. The molecule has 1 aliphatic rings. The Labute approximate surface area is 143 Å². The zero-order valence-electron chi connectivity index (χ0n) is 15.0. The molecule has 0 radical (unpaired) electrons. The van der Waals surface area contributed by atoms with Crippen LogP contribution < -0.4 is 0 Å². The number of rotatable bonds is 4. The zero-order valence-corrected chi connectivity index (χ0v) is 15.0. The van der Waals surface area contributed by atoms with Crippen LogP contribution in [0, 0.1) is 22.5 Å². The van der Waals surface area contributed by atoms with Gasteiger partial charge in [-0.05, 0) is 31.4 Å². The molecule has 24 heavy (non-hydrogen) atoms. The first kappa shape index (κ1) is 18.4. The summed E-state index contributed by atoms with van der Waals surface area (Å²) in [5, 5.41) is 11.0. The van der Waals surface area contributed by atoms with E-state index in [4.69, 9.17) is 0 Å². The van der Waals surface area contributed by atoms with Crippen LogP contribution in [0.15, 0.2) is 18.2 Å². The molecule has 0 aromatic heterocycles. The summed E-state index contributed by atoms with van der Waals surface area (Å²) in [5.41, 5.74) is 1.20. The van der Waals surface area contributed by atoms with E-state index in [0.717, 1.165) is 26.1 Å². The zero-order chi connectivity index (χ0) is 17.9. The predicted octanol–water partition coefficient (Wildman–Crippen LogP) is 3.10. The molecule has 1 aromatic carbocycles. The van der Waals surface area contributed by atoms with Gasteiger partial charge in [-0.3, -0.25) is 19.8 Å². The first-order chi connectivity index (χ1) is 11.2. The summed E-state index contributed by atoms with van der Waals surface area (Å²) in [4.78, 5) is 27.5. The maximum atomic E-state index is 12.7. The number of nitro benzene ring substituents is 1. The number of piperazine rings is 1. The Bertz CT molecular complexity index is 614. The van der Waals surface area contributed by atoms with Gasteiger partial charge in [-0.25, -0.2) is 0 Å². The van der Waals surface area contributed by atoms with Gasteiger partial charge < -0.3 is 4.90 Å². The van der Waals surface area contributed by atoms with E-state index < -0.39 is 4.92 Å². The second-order valence-electron chi connectivity index (χ2n) is 7.65. The van der Waals surface area contributed by atoms with Crippen LogP contribution in [-0.4, -0.2) is 53.4 Å². The quantitative estimate of drug-likeness (QED) is 0.627. The minimum Gasteiger partial charge on any atom is -0.336 e. The highest BCUT2D eigenvalue weighted by molar-refractivity contribution is 5.96. The van der Waals surface area contributed by atoms with Crippen LogP contribution in [0.25, 0.3) is 0 Å². The Kier molecular flexibility index (Phi) is 5.59. The van der Waals surface area contributed by atoms with Gasteiger partial charge in [-0.15, -0.1) is 0 Å². The van der Waals surface area contributed by atoms with Crippen LogP contribution in [0.3, 0.4) is 0 Å². The number of hydrogen-bond donors (Lipinski definition) is 0. The van der Waals surface area contributed by atoms with Crippen LogP contribution in [0.1, 0.15) is 43.1 Å². The Morgan fingerprint density at radius 3 is 2.38 bits per heavy atom. The predicted molar refractivity (Wildman–Crippen MR) is 94.2 cm³/mol. The summed E-state index contributed by atoms with van der Waals surface area (Å²) in [7, 11) is 0. The van der Waals surface area contributed by atoms with Crippen LogP contribution in [0.4, 0.5) is 5.69 Å². The highest BCUT2D eigenvalue weighted by atomic mass is 16.6. The first-order valence-corrected chi connectivity index (χ1v) is 8.45. The Morgan fingerprint density at radius 1 is 1.21 bits per heavy atom. The molecule has 0 bridgehead atoms. The molecule has 6 nitrogen and oxygen atoms in total. The van der Waals surface area contributed by atoms with Crippen LogP contribution in [-0.2, 0) is 0 Å².